The molecule has 0 bridgehead atoms. The molecule has 2 aromatic carbocycles. The largest absolute Gasteiger partial charge is 0.396 e. The van der Waals surface area contributed by atoms with Crippen LogP contribution in [0, 0.1) is 11.6 Å². The summed E-state index contributed by atoms with van der Waals surface area (Å²) in [6.07, 6.45) is 0. The van der Waals surface area contributed by atoms with Gasteiger partial charge < -0.3 is 5.11 Å². The fourth-order valence-corrected chi connectivity index (χ4v) is 3.39. The van der Waals surface area contributed by atoms with Gasteiger partial charge in [-0.05, 0) is 17.7 Å². The minimum absolute atomic E-state index is 0.133. The number of hydrogen-bond donors (Lipinski definition) is 1. The SMILES string of the molecule is O=C1C(SCCO)=C(c2ccccc2)C(=O)N1c1ccc(F)cc1F. The van der Waals surface area contributed by atoms with Crippen molar-refractivity contribution < 1.29 is 23.5 Å². The van der Waals surface area contributed by atoms with E-state index < -0.39 is 23.4 Å². The number of aliphatic hydroxyl groups excluding tert-OH is 1. The van der Waals surface area contributed by atoms with E-state index in [0.29, 0.717) is 16.5 Å². The molecule has 0 atom stereocenters. The second-order valence-corrected chi connectivity index (χ2v) is 6.29. The van der Waals surface area contributed by atoms with Crippen molar-refractivity contribution in [3.8, 4) is 0 Å². The van der Waals surface area contributed by atoms with Crippen molar-refractivity contribution in [3.05, 3.63) is 70.6 Å². The van der Waals surface area contributed by atoms with Crippen LogP contribution < -0.4 is 4.90 Å². The average molecular weight is 361 g/mol. The van der Waals surface area contributed by atoms with Crippen molar-refractivity contribution in [2.24, 2.45) is 0 Å². The number of aliphatic hydroxyl groups is 1. The highest BCUT2D eigenvalue weighted by Gasteiger charge is 2.41. The molecule has 128 valence electrons. The topological polar surface area (TPSA) is 57.6 Å². The van der Waals surface area contributed by atoms with Gasteiger partial charge in [0.25, 0.3) is 11.8 Å². The summed E-state index contributed by atoms with van der Waals surface area (Å²) in [6.45, 7) is -0.178. The molecule has 1 N–H and O–H groups in total. The summed E-state index contributed by atoms with van der Waals surface area (Å²) >= 11 is 1.03. The summed E-state index contributed by atoms with van der Waals surface area (Å²) < 4.78 is 27.2. The number of imide groups is 1. The van der Waals surface area contributed by atoms with Gasteiger partial charge in [-0.3, -0.25) is 9.59 Å². The van der Waals surface area contributed by atoms with Crippen LogP contribution in [0.25, 0.3) is 5.57 Å². The van der Waals surface area contributed by atoms with Gasteiger partial charge in [-0.1, -0.05) is 30.3 Å². The van der Waals surface area contributed by atoms with Gasteiger partial charge in [0.05, 0.1) is 22.8 Å². The third-order valence-corrected chi connectivity index (χ3v) is 4.65. The first kappa shape index (κ1) is 17.3. The molecule has 0 saturated heterocycles. The lowest BCUT2D eigenvalue weighted by atomic mass is 10.1. The molecular weight excluding hydrogens is 348 g/mol. The van der Waals surface area contributed by atoms with E-state index in [2.05, 4.69) is 0 Å². The predicted octanol–water partition coefficient (Wildman–Crippen LogP) is 2.97. The van der Waals surface area contributed by atoms with Crippen LogP contribution >= 0.6 is 11.8 Å². The monoisotopic (exact) mass is 361 g/mol. The second-order valence-electron chi connectivity index (χ2n) is 5.18. The number of thioether (sulfide) groups is 1. The van der Waals surface area contributed by atoms with Crippen LogP contribution in [0.2, 0.25) is 0 Å². The summed E-state index contributed by atoms with van der Waals surface area (Å²) in [5, 5.41) is 9.04. The standard InChI is InChI=1S/C18H13F2NO3S/c19-12-6-7-14(13(20)10-12)21-17(23)15(11-4-2-1-3-5-11)16(18(21)24)25-9-8-22/h1-7,10,22H,8-9H2. The van der Waals surface area contributed by atoms with Crippen molar-refractivity contribution in [1.82, 2.24) is 0 Å². The molecule has 0 fully saturated rings. The minimum Gasteiger partial charge on any atom is -0.396 e. The molecule has 3 rings (SSSR count). The van der Waals surface area contributed by atoms with Gasteiger partial charge >= 0.3 is 0 Å². The van der Waals surface area contributed by atoms with E-state index in [1.54, 1.807) is 30.3 Å². The molecule has 25 heavy (non-hydrogen) atoms. The molecule has 0 spiro atoms. The first-order valence-corrected chi connectivity index (χ1v) is 8.40. The van der Waals surface area contributed by atoms with Crippen molar-refractivity contribution in [3.63, 3.8) is 0 Å². The van der Waals surface area contributed by atoms with E-state index in [0.717, 1.165) is 23.9 Å². The van der Waals surface area contributed by atoms with Crippen LogP contribution in [-0.4, -0.2) is 29.3 Å². The maximum Gasteiger partial charge on any atom is 0.272 e. The van der Waals surface area contributed by atoms with Crippen molar-refractivity contribution in [2.45, 2.75) is 0 Å². The Morgan fingerprint density at radius 1 is 1.00 bits per heavy atom. The Labute approximate surface area is 146 Å². The van der Waals surface area contributed by atoms with Gasteiger partial charge in [0.2, 0.25) is 0 Å². The Hall–Kier alpha value is -2.51. The number of carbonyl (C=O) groups excluding carboxylic acids is 2. The summed E-state index contributed by atoms with van der Waals surface area (Å²) in [6, 6.07) is 11.2. The third-order valence-electron chi connectivity index (χ3n) is 3.59. The third kappa shape index (κ3) is 3.20. The van der Waals surface area contributed by atoms with E-state index in [9.17, 15) is 18.4 Å². The molecular formula is C18H13F2NO3S. The van der Waals surface area contributed by atoms with E-state index in [4.69, 9.17) is 5.11 Å². The number of anilines is 1. The quantitative estimate of drug-likeness (QED) is 0.832. The van der Waals surface area contributed by atoms with Crippen molar-refractivity contribution >= 4 is 34.8 Å². The lowest BCUT2D eigenvalue weighted by Gasteiger charge is -2.16. The van der Waals surface area contributed by atoms with E-state index >= 15 is 0 Å². The number of carbonyl (C=O) groups is 2. The summed E-state index contributed by atoms with van der Waals surface area (Å²) in [7, 11) is 0. The first-order chi connectivity index (χ1) is 12.0. The Bertz CT molecular complexity index is 868. The van der Waals surface area contributed by atoms with Gasteiger partial charge in [0.1, 0.15) is 11.6 Å². The van der Waals surface area contributed by atoms with Gasteiger partial charge in [0.15, 0.2) is 0 Å². The molecule has 4 nitrogen and oxygen atoms in total. The van der Waals surface area contributed by atoms with Gasteiger partial charge in [0, 0.05) is 11.8 Å². The predicted molar refractivity (Wildman–Crippen MR) is 91.8 cm³/mol. The molecule has 0 aliphatic carbocycles. The number of nitrogens with zero attached hydrogens (tertiary/aromatic N) is 1. The highest BCUT2D eigenvalue weighted by Crippen LogP contribution is 2.38. The van der Waals surface area contributed by atoms with Crippen LogP contribution in [0.15, 0.2) is 53.4 Å². The molecule has 1 aliphatic heterocycles. The molecule has 7 heteroatoms. The highest BCUT2D eigenvalue weighted by atomic mass is 32.2. The maximum absolute atomic E-state index is 14.1. The molecule has 2 amide bonds. The molecule has 0 unspecified atom stereocenters. The fourth-order valence-electron chi connectivity index (χ4n) is 2.53. The summed E-state index contributed by atoms with van der Waals surface area (Å²) in [5.41, 5.74) is 0.364. The average Bonchev–Trinajstić information content (AvgIpc) is 2.84. The number of hydrogen-bond acceptors (Lipinski definition) is 4. The molecule has 1 aliphatic rings. The zero-order chi connectivity index (χ0) is 18.0. The smallest absolute Gasteiger partial charge is 0.272 e. The fraction of sp³-hybridized carbons (Fsp3) is 0.111. The second kappa shape index (κ2) is 7.16. The molecule has 1 heterocycles. The maximum atomic E-state index is 14.1. The summed E-state index contributed by atoms with van der Waals surface area (Å²) in [4.78, 5) is 26.4. The lowest BCUT2D eigenvalue weighted by molar-refractivity contribution is -0.119. The van der Waals surface area contributed by atoms with Crippen LogP contribution in [-0.2, 0) is 9.59 Å². The van der Waals surface area contributed by atoms with Crippen LogP contribution in [0.4, 0.5) is 14.5 Å². The van der Waals surface area contributed by atoms with Gasteiger partial charge in [-0.2, -0.15) is 0 Å². The number of benzene rings is 2. The van der Waals surface area contributed by atoms with E-state index in [1.807, 2.05) is 0 Å². The van der Waals surface area contributed by atoms with E-state index in [1.165, 1.54) is 0 Å². The van der Waals surface area contributed by atoms with Crippen LogP contribution in [0.1, 0.15) is 5.56 Å². The Kier molecular flexibility index (Phi) is 4.96. The zero-order valence-electron chi connectivity index (χ0n) is 12.9. The van der Waals surface area contributed by atoms with Crippen LogP contribution in [0.5, 0.6) is 0 Å². The molecule has 0 aromatic heterocycles. The number of rotatable bonds is 5. The Morgan fingerprint density at radius 2 is 1.72 bits per heavy atom. The lowest BCUT2D eigenvalue weighted by Crippen LogP contribution is -2.32. The van der Waals surface area contributed by atoms with Gasteiger partial charge in [-0.25, -0.2) is 13.7 Å². The normalized spacial score (nSPS) is 14.6. The minimum atomic E-state index is -0.998. The molecule has 2 aromatic rings. The molecule has 0 radical (unpaired) electrons. The van der Waals surface area contributed by atoms with E-state index in [-0.39, 0.29) is 28.5 Å². The first-order valence-electron chi connectivity index (χ1n) is 7.41. The van der Waals surface area contributed by atoms with Crippen molar-refractivity contribution in [1.29, 1.82) is 0 Å². The summed E-state index contributed by atoms with van der Waals surface area (Å²) in [5.74, 6) is -2.95. The Morgan fingerprint density at radius 3 is 2.36 bits per heavy atom. The number of halogens is 2. The van der Waals surface area contributed by atoms with Crippen molar-refractivity contribution in [2.75, 3.05) is 17.3 Å². The molecule has 0 saturated carbocycles. The van der Waals surface area contributed by atoms with Gasteiger partial charge in [-0.15, -0.1) is 11.8 Å². The highest BCUT2D eigenvalue weighted by molar-refractivity contribution is 8.04. The van der Waals surface area contributed by atoms with Crippen LogP contribution in [0.3, 0.4) is 0 Å². The Balaban J connectivity index is 2.09. The number of amides is 2. The zero-order valence-corrected chi connectivity index (χ0v) is 13.7.